The van der Waals surface area contributed by atoms with Crippen LogP contribution in [0.5, 0.6) is 0 Å². The monoisotopic (exact) mass is 401 g/mol. The predicted molar refractivity (Wildman–Crippen MR) is 112 cm³/mol. The number of unbranched alkanes of at least 4 members (excludes halogenated alkanes) is 2. The first kappa shape index (κ1) is 19.4. The van der Waals surface area contributed by atoms with Gasteiger partial charge in [0.2, 0.25) is 5.78 Å². The van der Waals surface area contributed by atoms with Gasteiger partial charge in [-0.3, -0.25) is 18.7 Å². The molecule has 0 bridgehead atoms. The van der Waals surface area contributed by atoms with Crippen molar-refractivity contribution >= 4 is 28.4 Å². The lowest BCUT2D eigenvalue weighted by molar-refractivity contribution is 0.0410. The Kier molecular flexibility index (Phi) is 6.29. The van der Waals surface area contributed by atoms with Gasteiger partial charge in [0.05, 0.1) is 24.1 Å². The molecule has 28 heavy (non-hydrogen) atoms. The third kappa shape index (κ3) is 3.94. The lowest BCUT2D eigenvalue weighted by Crippen LogP contribution is -2.37. The van der Waals surface area contributed by atoms with E-state index in [2.05, 4.69) is 22.0 Å². The summed E-state index contributed by atoms with van der Waals surface area (Å²) in [7, 11) is 0. The largest absolute Gasteiger partial charge is 0.379 e. The Morgan fingerprint density at radius 2 is 1.93 bits per heavy atom. The molecule has 3 aromatic rings. The summed E-state index contributed by atoms with van der Waals surface area (Å²) in [6.07, 6.45) is 3.19. The van der Waals surface area contributed by atoms with Crippen LogP contribution in [-0.4, -0.2) is 62.7 Å². The Balaban J connectivity index is 1.65. The number of fused-ring (bicyclic) bond motifs is 3. The zero-order chi connectivity index (χ0) is 19.3. The topological polar surface area (TPSA) is 64.7 Å². The maximum Gasteiger partial charge on any atom is 0.262 e. The summed E-state index contributed by atoms with van der Waals surface area (Å²) in [6, 6.07) is 7.76. The van der Waals surface area contributed by atoms with Crippen molar-refractivity contribution in [3.05, 3.63) is 34.6 Å². The molecule has 1 aliphatic rings. The fraction of sp³-hybridized carbons (Fsp3) is 0.550. The van der Waals surface area contributed by atoms with E-state index in [-0.39, 0.29) is 5.56 Å². The van der Waals surface area contributed by atoms with Gasteiger partial charge in [0.25, 0.3) is 5.56 Å². The molecule has 1 saturated heterocycles. The van der Waals surface area contributed by atoms with E-state index in [1.807, 2.05) is 28.7 Å². The van der Waals surface area contributed by atoms with Gasteiger partial charge in [0.1, 0.15) is 0 Å². The van der Waals surface area contributed by atoms with E-state index >= 15 is 0 Å². The number of thioether (sulfide) groups is 1. The molecule has 3 heterocycles. The second kappa shape index (κ2) is 9.07. The zero-order valence-electron chi connectivity index (χ0n) is 16.3. The summed E-state index contributed by atoms with van der Waals surface area (Å²) < 4.78 is 9.25. The van der Waals surface area contributed by atoms with Gasteiger partial charge >= 0.3 is 0 Å². The Bertz CT molecular complexity index is 993. The van der Waals surface area contributed by atoms with E-state index in [1.54, 1.807) is 16.3 Å². The summed E-state index contributed by atoms with van der Waals surface area (Å²) in [4.78, 5) is 15.4. The summed E-state index contributed by atoms with van der Waals surface area (Å²) in [5.41, 5.74) is 0.907. The van der Waals surface area contributed by atoms with Crippen LogP contribution < -0.4 is 5.56 Å². The van der Waals surface area contributed by atoms with Crippen LogP contribution in [-0.2, 0) is 11.3 Å². The van der Waals surface area contributed by atoms with Gasteiger partial charge in [-0.15, -0.1) is 10.2 Å². The highest BCUT2D eigenvalue weighted by Crippen LogP contribution is 2.22. The number of hydrogen-bond acceptors (Lipinski definition) is 6. The van der Waals surface area contributed by atoms with Gasteiger partial charge in [0, 0.05) is 31.9 Å². The third-order valence-corrected chi connectivity index (χ3v) is 6.11. The molecule has 0 unspecified atom stereocenters. The average Bonchev–Trinajstić information content (AvgIpc) is 3.15. The molecule has 1 aromatic carbocycles. The van der Waals surface area contributed by atoms with Crippen molar-refractivity contribution in [2.45, 2.75) is 37.9 Å². The molecule has 0 aliphatic carbocycles. The van der Waals surface area contributed by atoms with Crippen LogP contribution >= 0.6 is 11.8 Å². The molecule has 2 aromatic heterocycles. The minimum atomic E-state index is 0.0245. The molecule has 0 saturated carbocycles. The molecular weight excluding hydrogens is 374 g/mol. The van der Waals surface area contributed by atoms with Gasteiger partial charge in [-0.25, -0.2) is 0 Å². The van der Waals surface area contributed by atoms with E-state index in [0.717, 1.165) is 73.9 Å². The highest BCUT2D eigenvalue weighted by atomic mass is 32.2. The molecule has 4 rings (SSSR count). The number of benzene rings is 1. The lowest BCUT2D eigenvalue weighted by Gasteiger charge is -2.26. The Morgan fingerprint density at radius 3 is 2.75 bits per heavy atom. The number of hydrogen-bond donors (Lipinski definition) is 0. The molecule has 7 nitrogen and oxygen atoms in total. The zero-order valence-corrected chi connectivity index (χ0v) is 17.2. The van der Waals surface area contributed by atoms with Gasteiger partial charge in [-0.1, -0.05) is 43.7 Å². The number of aryl methyl sites for hydroxylation is 1. The third-order valence-electron chi connectivity index (χ3n) is 5.21. The van der Waals surface area contributed by atoms with Crippen molar-refractivity contribution < 1.29 is 4.74 Å². The Labute approximate surface area is 168 Å². The molecule has 0 radical (unpaired) electrons. The molecule has 1 aliphatic heterocycles. The first-order chi connectivity index (χ1) is 13.8. The average molecular weight is 402 g/mol. The molecule has 0 atom stereocenters. The molecule has 0 amide bonds. The first-order valence-electron chi connectivity index (χ1n) is 10.1. The van der Waals surface area contributed by atoms with Crippen molar-refractivity contribution in [1.29, 1.82) is 0 Å². The fourth-order valence-electron chi connectivity index (χ4n) is 3.64. The van der Waals surface area contributed by atoms with Crippen LogP contribution in [0.1, 0.15) is 26.2 Å². The molecule has 0 spiro atoms. The first-order valence-corrected chi connectivity index (χ1v) is 11.1. The van der Waals surface area contributed by atoms with E-state index < -0.39 is 0 Å². The Morgan fingerprint density at radius 1 is 1.11 bits per heavy atom. The molecule has 1 fully saturated rings. The maximum absolute atomic E-state index is 13.0. The van der Waals surface area contributed by atoms with Crippen LogP contribution in [0.15, 0.2) is 34.2 Å². The quantitative estimate of drug-likeness (QED) is 0.427. The van der Waals surface area contributed by atoms with Gasteiger partial charge in [-0.2, -0.15) is 0 Å². The summed E-state index contributed by atoms with van der Waals surface area (Å²) in [6.45, 7) is 7.44. The van der Waals surface area contributed by atoms with Crippen molar-refractivity contribution in [2.75, 3.05) is 38.6 Å². The van der Waals surface area contributed by atoms with Crippen molar-refractivity contribution in [1.82, 2.24) is 24.1 Å². The highest BCUT2D eigenvalue weighted by molar-refractivity contribution is 7.99. The second-order valence-corrected chi connectivity index (χ2v) is 8.16. The maximum atomic E-state index is 13.0. The number of aromatic nitrogens is 4. The van der Waals surface area contributed by atoms with Crippen LogP contribution in [0, 0.1) is 0 Å². The van der Waals surface area contributed by atoms with Gasteiger partial charge in [0.15, 0.2) is 5.16 Å². The normalized spacial score (nSPS) is 15.6. The van der Waals surface area contributed by atoms with Crippen molar-refractivity contribution in [3.8, 4) is 0 Å². The van der Waals surface area contributed by atoms with E-state index in [0.29, 0.717) is 12.3 Å². The highest BCUT2D eigenvalue weighted by Gasteiger charge is 2.17. The summed E-state index contributed by atoms with van der Waals surface area (Å²) in [5.74, 6) is 1.58. The second-order valence-electron chi connectivity index (χ2n) is 7.10. The van der Waals surface area contributed by atoms with E-state index in [4.69, 9.17) is 4.74 Å². The SMILES string of the molecule is CCCCCn1c(=O)c2ccccc2n2c(SCCN3CCOCC3)nnc12. The van der Waals surface area contributed by atoms with Crippen molar-refractivity contribution in [2.24, 2.45) is 0 Å². The van der Waals surface area contributed by atoms with Crippen LogP contribution in [0.3, 0.4) is 0 Å². The molecule has 150 valence electrons. The number of rotatable bonds is 8. The lowest BCUT2D eigenvalue weighted by atomic mass is 10.2. The minimum absolute atomic E-state index is 0.0245. The fourth-order valence-corrected chi connectivity index (χ4v) is 4.58. The number of para-hydroxylation sites is 1. The molecular formula is C20H27N5O2S. The molecule has 8 heteroatoms. The summed E-state index contributed by atoms with van der Waals surface area (Å²) in [5, 5.41) is 10.4. The van der Waals surface area contributed by atoms with Crippen LogP contribution in [0.25, 0.3) is 16.7 Å². The standard InChI is InChI=1S/C20H27N5O2S/c1-2-3-6-9-24-18(26)16-7-4-5-8-17(16)25-19(24)21-22-20(25)28-15-12-23-10-13-27-14-11-23/h4-5,7-8H,2-3,6,9-15H2,1H3. The van der Waals surface area contributed by atoms with Crippen LogP contribution in [0.2, 0.25) is 0 Å². The summed E-state index contributed by atoms with van der Waals surface area (Å²) >= 11 is 1.70. The molecule has 0 N–H and O–H groups in total. The van der Waals surface area contributed by atoms with Crippen molar-refractivity contribution in [3.63, 3.8) is 0 Å². The smallest absolute Gasteiger partial charge is 0.262 e. The Hall–Kier alpha value is -1.90. The van der Waals surface area contributed by atoms with E-state index in [9.17, 15) is 4.79 Å². The van der Waals surface area contributed by atoms with Gasteiger partial charge < -0.3 is 4.74 Å². The van der Waals surface area contributed by atoms with E-state index in [1.165, 1.54) is 0 Å². The predicted octanol–water partition coefficient (Wildman–Crippen LogP) is 2.66. The van der Waals surface area contributed by atoms with Gasteiger partial charge in [-0.05, 0) is 18.6 Å². The minimum Gasteiger partial charge on any atom is -0.379 e. The number of nitrogens with zero attached hydrogens (tertiary/aromatic N) is 5. The number of morpholine rings is 1. The number of ether oxygens (including phenoxy) is 1. The van der Waals surface area contributed by atoms with Crippen LogP contribution in [0.4, 0.5) is 0 Å².